The van der Waals surface area contributed by atoms with Crippen molar-refractivity contribution >= 4 is 34.1 Å². The Morgan fingerprint density at radius 2 is 2.00 bits per heavy atom. The molecule has 0 unspecified atom stereocenters. The number of nitrogens with zero attached hydrogens (tertiary/aromatic N) is 5. The van der Waals surface area contributed by atoms with Gasteiger partial charge in [0.25, 0.3) is 0 Å². The number of hydrogen-bond acceptors (Lipinski definition) is 6. The lowest BCUT2D eigenvalue weighted by molar-refractivity contribution is 0.109. The van der Waals surface area contributed by atoms with Crippen LogP contribution in [0.3, 0.4) is 0 Å². The first-order valence-electron chi connectivity index (χ1n) is 11.9. The monoisotopic (exact) mass is 511 g/mol. The van der Waals surface area contributed by atoms with Crippen molar-refractivity contribution in [3.05, 3.63) is 57.6 Å². The number of rotatable bonds is 5. The van der Waals surface area contributed by atoms with Gasteiger partial charge in [-0.15, -0.1) is 0 Å². The van der Waals surface area contributed by atoms with Gasteiger partial charge in [-0.2, -0.15) is 5.10 Å². The Labute approximate surface area is 213 Å². The van der Waals surface area contributed by atoms with Crippen LogP contribution in [0.4, 0.5) is 0 Å². The van der Waals surface area contributed by atoms with Crippen molar-refractivity contribution in [2.75, 3.05) is 20.1 Å². The number of likely N-dealkylation sites (tertiary alicyclic amines) is 1. The molecule has 1 saturated heterocycles. The van der Waals surface area contributed by atoms with Crippen molar-refractivity contribution in [3.63, 3.8) is 0 Å². The summed E-state index contributed by atoms with van der Waals surface area (Å²) in [5, 5.41) is 9.58. The van der Waals surface area contributed by atoms with Crippen molar-refractivity contribution in [2.45, 2.75) is 45.0 Å². The molecule has 2 aliphatic heterocycles. The zero-order valence-electron chi connectivity index (χ0n) is 19.7. The fourth-order valence-electron chi connectivity index (χ4n) is 5.29. The van der Waals surface area contributed by atoms with E-state index in [1.807, 2.05) is 25.1 Å². The number of pyridine rings is 1. The topological polar surface area (TPSA) is 86.0 Å². The molecule has 4 aromatic rings. The van der Waals surface area contributed by atoms with Crippen LogP contribution in [-0.4, -0.2) is 61.1 Å². The summed E-state index contributed by atoms with van der Waals surface area (Å²) < 4.78 is 6.20. The molecule has 0 radical (unpaired) electrons. The summed E-state index contributed by atoms with van der Waals surface area (Å²) in [5.74, 6) is 1.48. The summed E-state index contributed by atoms with van der Waals surface area (Å²) in [6.45, 7) is 6.02. The Morgan fingerprint density at radius 3 is 2.77 bits per heavy atom. The van der Waals surface area contributed by atoms with Crippen LogP contribution in [0.25, 0.3) is 22.4 Å². The number of likely N-dealkylation sites (N-methyl/N-ethyl adjacent to an activating group) is 1. The van der Waals surface area contributed by atoms with E-state index in [1.165, 1.54) is 25.1 Å². The van der Waals surface area contributed by atoms with Crippen LogP contribution < -0.4 is 4.74 Å². The maximum Gasteiger partial charge on any atom is 0.159 e. The van der Waals surface area contributed by atoms with Gasteiger partial charge in [0.15, 0.2) is 5.82 Å². The van der Waals surface area contributed by atoms with E-state index in [1.54, 1.807) is 12.4 Å². The number of piperidine rings is 1. The maximum absolute atomic E-state index is 6.32. The van der Waals surface area contributed by atoms with Crippen LogP contribution in [0.5, 0.6) is 5.75 Å². The van der Waals surface area contributed by atoms with Crippen molar-refractivity contribution < 1.29 is 4.74 Å². The van der Waals surface area contributed by atoms with E-state index in [0.717, 1.165) is 47.7 Å². The molecule has 1 aromatic carbocycles. The molecule has 0 amide bonds. The number of fused-ring (bicyclic) bond motifs is 2. The molecule has 1 fully saturated rings. The van der Waals surface area contributed by atoms with Gasteiger partial charge in [0.05, 0.1) is 26.9 Å². The van der Waals surface area contributed by atoms with E-state index < -0.39 is 0 Å². The summed E-state index contributed by atoms with van der Waals surface area (Å²) in [5.41, 5.74) is 4.73. The second-order valence-electron chi connectivity index (χ2n) is 9.53. The van der Waals surface area contributed by atoms with Gasteiger partial charge < -0.3 is 14.6 Å². The third-order valence-electron chi connectivity index (χ3n) is 7.06. The highest BCUT2D eigenvalue weighted by Crippen LogP contribution is 2.35. The van der Waals surface area contributed by atoms with E-state index in [0.29, 0.717) is 27.4 Å². The zero-order chi connectivity index (χ0) is 24.1. The molecule has 3 aromatic heterocycles. The first-order chi connectivity index (χ1) is 17.0. The predicted octanol–water partition coefficient (Wildman–Crippen LogP) is 5.20. The molecule has 0 spiro atoms. The Balaban J connectivity index is 1.23. The number of hydrogen-bond donors (Lipinski definition) is 2. The summed E-state index contributed by atoms with van der Waals surface area (Å²) >= 11 is 12.6. The lowest BCUT2D eigenvalue weighted by atomic mass is 10.1. The Kier molecular flexibility index (Phi) is 5.92. The largest absolute Gasteiger partial charge is 0.486 e. The van der Waals surface area contributed by atoms with Crippen LogP contribution in [0, 0.1) is 0 Å². The third kappa shape index (κ3) is 4.29. The molecule has 2 N–H and O–H groups in total. The van der Waals surface area contributed by atoms with E-state index in [-0.39, 0.29) is 6.10 Å². The van der Waals surface area contributed by atoms with Crippen LogP contribution in [0.1, 0.15) is 42.8 Å². The Bertz CT molecular complexity index is 1340. The molecule has 10 heteroatoms. The van der Waals surface area contributed by atoms with Crippen molar-refractivity contribution in [1.29, 1.82) is 0 Å². The molecule has 2 aliphatic rings. The fourth-order valence-corrected chi connectivity index (χ4v) is 5.96. The number of H-pyrrole nitrogens is 2. The summed E-state index contributed by atoms with van der Waals surface area (Å²) in [6, 6.07) is 6.44. The number of nitrogens with one attached hydrogen (secondary N) is 2. The highest BCUT2D eigenvalue weighted by molar-refractivity contribution is 6.35. The quantitative estimate of drug-likeness (QED) is 0.382. The number of aromatic amines is 2. The predicted molar refractivity (Wildman–Crippen MR) is 137 cm³/mol. The lowest BCUT2D eigenvalue weighted by Gasteiger charge is -2.35. The second-order valence-corrected chi connectivity index (χ2v) is 10.3. The second kappa shape index (κ2) is 9.09. The van der Waals surface area contributed by atoms with Crippen LogP contribution in [0.15, 0.2) is 30.6 Å². The average Bonchev–Trinajstić information content (AvgIpc) is 3.51. The lowest BCUT2D eigenvalue weighted by Crippen LogP contribution is -2.44. The maximum atomic E-state index is 6.32. The molecule has 0 bridgehead atoms. The SMILES string of the molecule is C[C@@H](Oc1ccc2[nH]nc(-c3nc4c([nH]3)CN([C@@H]3CCCN(C)C3)C4)c2c1)c1c(Cl)cncc1Cl. The van der Waals surface area contributed by atoms with Crippen LogP contribution in [-0.2, 0) is 13.1 Å². The zero-order valence-corrected chi connectivity index (χ0v) is 21.2. The molecule has 0 aliphatic carbocycles. The average molecular weight is 512 g/mol. The van der Waals surface area contributed by atoms with Gasteiger partial charge in [-0.1, -0.05) is 23.2 Å². The van der Waals surface area contributed by atoms with Crippen LogP contribution >= 0.6 is 23.2 Å². The van der Waals surface area contributed by atoms with Gasteiger partial charge in [-0.25, -0.2) is 4.98 Å². The minimum atomic E-state index is -0.344. The van der Waals surface area contributed by atoms with Crippen molar-refractivity contribution in [2.24, 2.45) is 0 Å². The molecule has 8 nitrogen and oxygen atoms in total. The highest BCUT2D eigenvalue weighted by Gasteiger charge is 2.31. The minimum absolute atomic E-state index is 0.344. The van der Waals surface area contributed by atoms with E-state index in [4.69, 9.17) is 32.9 Å². The fraction of sp³-hybridized carbons (Fsp3) is 0.400. The molecule has 0 saturated carbocycles. The smallest absolute Gasteiger partial charge is 0.159 e. The number of aromatic nitrogens is 5. The van der Waals surface area contributed by atoms with Crippen molar-refractivity contribution in [1.82, 2.24) is 34.9 Å². The highest BCUT2D eigenvalue weighted by atomic mass is 35.5. The van der Waals surface area contributed by atoms with Gasteiger partial charge in [-0.05, 0) is 51.6 Å². The minimum Gasteiger partial charge on any atom is -0.486 e. The molecular weight excluding hydrogens is 485 g/mol. The third-order valence-corrected chi connectivity index (χ3v) is 7.67. The molecular formula is C25H27Cl2N7O. The molecule has 182 valence electrons. The van der Waals surface area contributed by atoms with E-state index in [2.05, 4.69) is 37.0 Å². The number of benzene rings is 1. The van der Waals surface area contributed by atoms with Gasteiger partial charge in [0.2, 0.25) is 0 Å². The molecule has 35 heavy (non-hydrogen) atoms. The number of halogens is 2. The standard InChI is InChI=1S/C25H27Cl2N7O/c1-14(23-18(26)9-28-10-19(23)27)35-16-5-6-20-17(8-16)24(32-31-20)25-29-21-12-34(13-22(21)30-25)15-4-3-7-33(2)11-15/h5-6,8-10,14-15H,3-4,7,11-13H2,1-2H3,(H,29,30)(H,31,32)/t14-,15-/m1/s1. The van der Waals surface area contributed by atoms with Gasteiger partial charge >= 0.3 is 0 Å². The summed E-state index contributed by atoms with van der Waals surface area (Å²) in [4.78, 5) is 17.5. The van der Waals surface area contributed by atoms with Gasteiger partial charge in [0, 0.05) is 49.0 Å². The van der Waals surface area contributed by atoms with Crippen LogP contribution in [0.2, 0.25) is 10.0 Å². The summed E-state index contributed by atoms with van der Waals surface area (Å²) in [7, 11) is 2.21. The number of imidazole rings is 1. The normalized spacial score (nSPS) is 19.8. The molecule has 6 rings (SSSR count). The van der Waals surface area contributed by atoms with E-state index in [9.17, 15) is 0 Å². The van der Waals surface area contributed by atoms with Gasteiger partial charge in [-0.3, -0.25) is 15.0 Å². The Hall–Kier alpha value is -2.65. The molecule has 5 heterocycles. The summed E-state index contributed by atoms with van der Waals surface area (Å²) in [6.07, 6.45) is 5.31. The molecule has 2 atom stereocenters. The first kappa shape index (κ1) is 22.8. The number of ether oxygens (including phenoxy) is 1. The Morgan fingerprint density at radius 1 is 1.17 bits per heavy atom. The van der Waals surface area contributed by atoms with Gasteiger partial charge in [0.1, 0.15) is 17.5 Å². The first-order valence-corrected chi connectivity index (χ1v) is 12.7. The van der Waals surface area contributed by atoms with E-state index >= 15 is 0 Å². The van der Waals surface area contributed by atoms with Crippen molar-refractivity contribution in [3.8, 4) is 17.3 Å².